The summed E-state index contributed by atoms with van der Waals surface area (Å²) >= 11 is 0. The lowest BCUT2D eigenvalue weighted by Crippen LogP contribution is -2.03. The number of furan rings is 1. The minimum Gasteiger partial charge on any atom is -0.507 e. The van der Waals surface area contributed by atoms with Crippen molar-refractivity contribution < 1.29 is 9.52 Å². The van der Waals surface area contributed by atoms with Crippen LogP contribution in [0.1, 0.15) is 11.1 Å². The molecule has 0 aliphatic rings. The first-order valence-electron chi connectivity index (χ1n) is 21.3. The van der Waals surface area contributed by atoms with Crippen LogP contribution in [-0.4, -0.2) is 19.6 Å². The third-order valence-electron chi connectivity index (χ3n) is 12.6. The molecule has 0 unspecified atom stereocenters. The first kappa shape index (κ1) is 36.6. The van der Waals surface area contributed by atoms with Gasteiger partial charge in [0.05, 0.1) is 22.2 Å². The highest BCUT2D eigenvalue weighted by molar-refractivity contribution is 6.17. The van der Waals surface area contributed by atoms with Gasteiger partial charge in [-0.3, -0.25) is 4.57 Å². The number of aromatic nitrogens is 3. The zero-order chi connectivity index (χ0) is 42.2. The Morgan fingerprint density at radius 2 is 1.10 bits per heavy atom. The molecule has 1 N–H and O–H groups in total. The molecule has 5 nitrogen and oxygen atoms in total. The van der Waals surface area contributed by atoms with E-state index in [0.717, 1.165) is 122 Å². The summed E-state index contributed by atoms with van der Waals surface area (Å²) in [7, 11) is 0. The Kier molecular flexibility index (Phi) is 8.37. The van der Waals surface area contributed by atoms with Gasteiger partial charge in [-0.05, 0) is 106 Å². The third-order valence-corrected chi connectivity index (χ3v) is 12.6. The Morgan fingerprint density at radius 3 is 1.86 bits per heavy atom. The molecule has 0 atom stereocenters. The Bertz CT molecular complexity index is 3690. The minimum atomic E-state index is 0.203. The van der Waals surface area contributed by atoms with E-state index in [1.54, 1.807) is 6.07 Å². The number of aromatic hydroxyl groups is 1. The lowest BCUT2D eigenvalue weighted by Gasteiger charge is -2.18. The number of aryl methyl sites for hydroxylation is 2. The van der Waals surface area contributed by atoms with E-state index in [4.69, 9.17) is 14.4 Å². The van der Waals surface area contributed by atoms with Crippen molar-refractivity contribution >= 4 is 54.6 Å². The number of benzene rings is 9. The quantitative estimate of drug-likeness (QED) is 0.170. The van der Waals surface area contributed by atoms with Gasteiger partial charge >= 0.3 is 0 Å². The molecule has 0 amide bonds. The minimum absolute atomic E-state index is 0.203. The maximum atomic E-state index is 11.1. The fourth-order valence-corrected chi connectivity index (χ4v) is 9.72. The Morgan fingerprint density at radius 1 is 0.460 bits per heavy atom. The molecule has 0 radical (unpaired) electrons. The molecule has 0 bridgehead atoms. The van der Waals surface area contributed by atoms with Crippen molar-refractivity contribution in [3.05, 3.63) is 205 Å². The molecule has 3 heterocycles. The van der Waals surface area contributed by atoms with E-state index < -0.39 is 0 Å². The molecule has 0 aliphatic carbocycles. The van der Waals surface area contributed by atoms with E-state index in [0.29, 0.717) is 5.69 Å². The SMILES string of the molecule is Cc1cccc(C)c1-n1c(-c2ccc3ccc4cccc(O)c4c3n2)nc2c(-c3cc(-c4c(-c5ccccc5)cccc4-c4ccccc4)c4c(c3)oc3ccccc34)cccc21. The standard InChI is InChI=1S/C58H39N3O2/c1-35-15-11-16-36(2)57(35)61-48-26-14-25-44(56(48)60-58(61)47-32-31-40-30-29-39-21-12-27-49(62)52(39)55(40)59-47)41-33-46(54-45-22-9-10-28-50(45)63-51(54)34-41)53-42(37-17-5-3-6-18-37)23-13-24-43(53)38-19-7-4-8-20-38/h3-34,62H,1-2H3. The van der Waals surface area contributed by atoms with Crippen LogP contribution in [0.25, 0.3) is 116 Å². The lowest BCUT2D eigenvalue weighted by molar-refractivity contribution is 0.482. The summed E-state index contributed by atoms with van der Waals surface area (Å²) in [6.07, 6.45) is 0. The van der Waals surface area contributed by atoms with Gasteiger partial charge in [-0.25, -0.2) is 9.97 Å². The van der Waals surface area contributed by atoms with Crippen molar-refractivity contribution in [1.82, 2.24) is 14.5 Å². The molecule has 0 aliphatic heterocycles. The highest BCUT2D eigenvalue weighted by Gasteiger charge is 2.25. The third kappa shape index (κ3) is 5.85. The van der Waals surface area contributed by atoms with Crippen molar-refractivity contribution in [3.8, 4) is 67.5 Å². The first-order chi connectivity index (χ1) is 31.0. The number of rotatable bonds is 6. The van der Waals surface area contributed by atoms with Crippen molar-refractivity contribution in [2.75, 3.05) is 0 Å². The Hall–Kier alpha value is -8.28. The molecule has 0 spiro atoms. The number of hydrogen-bond acceptors (Lipinski definition) is 4. The predicted octanol–water partition coefficient (Wildman–Crippen LogP) is 15.3. The van der Waals surface area contributed by atoms with Gasteiger partial charge in [-0.2, -0.15) is 0 Å². The van der Waals surface area contributed by atoms with Crippen LogP contribution in [0.4, 0.5) is 0 Å². The highest BCUT2D eigenvalue weighted by atomic mass is 16.3. The van der Waals surface area contributed by atoms with Gasteiger partial charge in [0.25, 0.3) is 0 Å². The summed E-state index contributed by atoms with van der Waals surface area (Å²) in [6, 6.07) is 67.5. The normalized spacial score (nSPS) is 11.7. The molecular formula is C58H39N3O2. The number of imidazole rings is 1. The number of phenolic OH excluding ortho intramolecular Hbond substituents is 1. The van der Waals surface area contributed by atoms with E-state index >= 15 is 0 Å². The fraction of sp³-hybridized carbons (Fsp3) is 0.0345. The van der Waals surface area contributed by atoms with Crippen LogP contribution in [0.2, 0.25) is 0 Å². The monoisotopic (exact) mass is 809 g/mol. The lowest BCUT2D eigenvalue weighted by atomic mass is 9.84. The van der Waals surface area contributed by atoms with E-state index in [-0.39, 0.29) is 5.75 Å². The van der Waals surface area contributed by atoms with Gasteiger partial charge < -0.3 is 9.52 Å². The van der Waals surface area contributed by atoms with Crippen LogP contribution in [0.15, 0.2) is 199 Å². The van der Waals surface area contributed by atoms with Crippen molar-refractivity contribution in [1.29, 1.82) is 0 Å². The summed E-state index contributed by atoms with van der Waals surface area (Å²) in [6.45, 7) is 4.30. The van der Waals surface area contributed by atoms with Crippen LogP contribution in [0.3, 0.4) is 0 Å². The smallest absolute Gasteiger partial charge is 0.164 e. The van der Waals surface area contributed by atoms with Crippen molar-refractivity contribution in [2.24, 2.45) is 0 Å². The summed E-state index contributed by atoms with van der Waals surface area (Å²) in [5, 5.41) is 15.9. The number of hydrogen-bond donors (Lipinski definition) is 1. The molecule has 9 aromatic carbocycles. The molecule has 63 heavy (non-hydrogen) atoms. The number of para-hydroxylation sites is 3. The van der Waals surface area contributed by atoms with Crippen LogP contribution in [0, 0.1) is 13.8 Å². The van der Waals surface area contributed by atoms with E-state index in [9.17, 15) is 5.11 Å². The van der Waals surface area contributed by atoms with Crippen molar-refractivity contribution in [2.45, 2.75) is 13.8 Å². The maximum Gasteiger partial charge on any atom is 0.164 e. The van der Waals surface area contributed by atoms with Gasteiger partial charge in [-0.15, -0.1) is 0 Å². The van der Waals surface area contributed by atoms with Crippen molar-refractivity contribution in [3.63, 3.8) is 0 Å². The number of pyridine rings is 1. The Labute approximate surface area is 363 Å². The first-order valence-corrected chi connectivity index (χ1v) is 21.3. The van der Waals surface area contributed by atoms with Crippen LogP contribution in [-0.2, 0) is 0 Å². The molecule has 5 heteroatoms. The fourth-order valence-electron chi connectivity index (χ4n) is 9.72. The van der Waals surface area contributed by atoms with Gasteiger partial charge in [0.2, 0.25) is 0 Å². The summed E-state index contributed by atoms with van der Waals surface area (Å²) in [5.41, 5.74) is 17.0. The second-order valence-electron chi connectivity index (χ2n) is 16.3. The molecule has 0 saturated heterocycles. The molecule has 3 aromatic heterocycles. The number of phenols is 1. The summed E-state index contributed by atoms with van der Waals surface area (Å²) < 4.78 is 9.07. The van der Waals surface area contributed by atoms with E-state index in [1.807, 2.05) is 30.3 Å². The van der Waals surface area contributed by atoms with E-state index in [2.05, 4.69) is 176 Å². The predicted molar refractivity (Wildman–Crippen MR) is 259 cm³/mol. The van der Waals surface area contributed by atoms with Crippen LogP contribution in [0.5, 0.6) is 5.75 Å². The van der Waals surface area contributed by atoms with E-state index in [1.165, 1.54) is 0 Å². The Balaban J connectivity index is 1.18. The molecular weight excluding hydrogens is 771 g/mol. The molecule has 298 valence electrons. The highest BCUT2D eigenvalue weighted by Crippen LogP contribution is 2.48. The average molecular weight is 810 g/mol. The van der Waals surface area contributed by atoms with Crippen LogP contribution >= 0.6 is 0 Å². The zero-order valence-electron chi connectivity index (χ0n) is 34.7. The second-order valence-corrected chi connectivity index (χ2v) is 16.3. The van der Waals surface area contributed by atoms with Crippen LogP contribution < -0.4 is 0 Å². The summed E-state index contributed by atoms with van der Waals surface area (Å²) in [4.78, 5) is 10.9. The second kappa shape index (κ2) is 14.4. The number of nitrogens with zero attached hydrogens (tertiary/aromatic N) is 3. The molecule has 12 aromatic rings. The topological polar surface area (TPSA) is 64.1 Å². The zero-order valence-corrected chi connectivity index (χ0v) is 34.7. The largest absolute Gasteiger partial charge is 0.507 e. The maximum absolute atomic E-state index is 11.1. The average Bonchev–Trinajstić information content (AvgIpc) is 3.90. The van der Waals surface area contributed by atoms with Gasteiger partial charge in [0, 0.05) is 27.1 Å². The summed E-state index contributed by atoms with van der Waals surface area (Å²) in [5.74, 6) is 0.921. The number of fused-ring (bicyclic) bond motifs is 7. The van der Waals surface area contributed by atoms with Gasteiger partial charge in [0.15, 0.2) is 5.82 Å². The molecule has 0 saturated carbocycles. The van der Waals surface area contributed by atoms with Gasteiger partial charge in [0.1, 0.15) is 22.6 Å². The molecule has 0 fully saturated rings. The van der Waals surface area contributed by atoms with Gasteiger partial charge in [-0.1, -0.05) is 158 Å². The molecule has 12 rings (SSSR count).